The lowest BCUT2D eigenvalue weighted by Crippen LogP contribution is -2.38. The number of aromatic nitrogens is 4. The van der Waals surface area contributed by atoms with Crippen LogP contribution in [0.5, 0.6) is 0 Å². The highest BCUT2D eigenvalue weighted by molar-refractivity contribution is 5.95. The zero-order valence-corrected chi connectivity index (χ0v) is 14.4. The SMILES string of the molecule is CC(C(=O)Nc1ccccc1C#N)n1cnc2c1c(=O)n(C)c(=O)n2C. The molecule has 3 aromatic rings. The van der Waals surface area contributed by atoms with Crippen molar-refractivity contribution in [3.63, 3.8) is 0 Å². The monoisotopic (exact) mass is 352 g/mol. The predicted molar refractivity (Wildman–Crippen MR) is 94.7 cm³/mol. The first-order valence-corrected chi connectivity index (χ1v) is 7.79. The smallest absolute Gasteiger partial charge is 0.323 e. The topological polar surface area (TPSA) is 115 Å². The van der Waals surface area contributed by atoms with Gasteiger partial charge >= 0.3 is 5.69 Å². The van der Waals surface area contributed by atoms with Crippen LogP contribution in [0.15, 0.2) is 40.2 Å². The van der Waals surface area contributed by atoms with Crippen LogP contribution in [-0.2, 0) is 18.9 Å². The summed E-state index contributed by atoms with van der Waals surface area (Å²) in [6.45, 7) is 1.61. The fourth-order valence-electron chi connectivity index (χ4n) is 2.71. The Labute approximate surface area is 147 Å². The Hall–Kier alpha value is -3.67. The summed E-state index contributed by atoms with van der Waals surface area (Å²) in [6.07, 6.45) is 1.35. The molecule has 0 saturated heterocycles. The first-order chi connectivity index (χ1) is 12.4. The number of carbonyl (C=O) groups is 1. The van der Waals surface area contributed by atoms with Gasteiger partial charge in [0.15, 0.2) is 11.2 Å². The molecule has 0 radical (unpaired) electrons. The Bertz CT molecular complexity index is 1180. The molecule has 9 heteroatoms. The van der Waals surface area contributed by atoms with E-state index < -0.39 is 23.2 Å². The van der Waals surface area contributed by atoms with Crippen LogP contribution in [-0.4, -0.2) is 24.6 Å². The second-order valence-corrected chi connectivity index (χ2v) is 5.85. The van der Waals surface area contributed by atoms with Crippen LogP contribution in [0.1, 0.15) is 18.5 Å². The summed E-state index contributed by atoms with van der Waals surface area (Å²) in [4.78, 5) is 41.2. The van der Waals surface area contributed by atoms with Gasteiger partial charge < -0.3 is 9.88 Å². The number of hydrogen-bond acceptors (Lipinski definition) is 5. The quantitative estimate of drug-likeness (QED) is 0.737. The first kappa shape index (κ1) is 17.2. The third kappa shape index (κ3) is 2.57. The minimum atomic E-state index is -0.781. The first-order valence-electron chi connectivity index (χ1n) is 7.79. The standard InChI is InChI=1S/C17H16N6O3/c1-10(15(24)20-12-7-5-4-6-11(12)8-18)23-9-19-14-13(23)16(25)22(3)17(26)21(14)2/h4-7,9-10H,1-3H3,(H,20,24). The van der Waals surface area contributed by atoms with Crippen LogP contribution in [0.25, 0.3) is 11.2 Å². The van der Waals surface area contributed by atoms with Gasteiger partial charge in [-0.1, -0.05) is 12.1 Å². The average molecular weight is 352 g/mol. The molecule has 26 heavy (non-hydrogen) atoms. The number of carbonyl (C=O) groups excluding carboxylic acids is 1. The van der Waals surface area contributed by atoms with Gasteiger partial charge in [0.1, 0.15) is 12.1 Å². The van der Waals surface area contributed by atoms with Crippen molar-refractivity contribution in [3.8, 4) is 6.07 Å². The van der Waals surface area contributed by atoms with Crippen molar-refractivity contribution in [2.45, 2.75) is 13.0 Å². The van der Waals surface area contributed by atoms with Gasteiger partial charge in [-0.05, 0) is 19.1 Å². The molecule has 0 saturated carbocycles. The molecule has 1 N–H and O–H groups in total. The number of amides is 1. The van der Waals surface area contributed by atoms with Gasteiger partial charge in [0.2, 0.25) is 5.91 Å². The second kappa shape index (κ2) is 6.33. The van der Waals surface area contributed by atoms with Crippen molar-refractivity contribution in [3.05, 3.63) is 57.0 Å². The molecule has 0 bridgehead atoms. The summed E-state index contributed by atoms with van der Waals surface area (Å²) < 4.78 is 3.64. The number of benzene rings is 1. The average Bonchev–Trinajstić information content (AvgIpc) is 3.09. The van der Waals surface area contributed by atoms with Gasteiger partial charge in [-0.15, -0.1) is 0 Å². The molecule has 0 aliphatic carbocycles. The number of para-hydroxylation sites is 1. The number of nitriles is 1. The highest BCUT2D eigenvalue weighted by Gasteiger charge is 2.22. The largest absolute Gasteiger partial charge is 0.332 e. The van der Waals surface area contributed by atoms with Gasteiger partial charge in [-0.3, -0.25) is 18.7 Å². The van der Waals surface area contributed by atoms with E-state index in [0.717, 1.165) is 4.57 Å². The summed E-state index contributed by atoms with van der Waals surface area (Å²) in [5, 5.41) is 11.8. The zero-order chi connectivity index (χ0) is 19.0. The lowest BCUT2D eigenvalue weighted by Gasteiger charge is -2.15. The van der Waals surface area contributed by atoms with Crippen LogP contribution < -0.4 is 16.6 Å². The number of aryl methyl sites for hydroxylation is 1. The van der Waals surface area contributed by atoms with Gasteiger partial charge in [-0.25, -0.2) is 9.78 Å². The van der Waals surface area contributed by atoms with E-state index in [0.29, 0.717) is 11.3 Å². The molecule has 1 unspecified atom stereocenters. The van der Waals surface area contributed by atoms with E-state index in [1.54, 1.807) is 31.2 Å². The molecule has 0 fully saturated rings. The molecule has 0 aliphatic heterocycles. The van der Waals surface area contributed by atoms with Crippen molar-refractivity contribution in [2.24, 2.45) is 14.1 Å². The Morgan fingerprint density at radius 2 is 1.92 bits per heavy atom. The molecule has 1 aromatic carbocycles. The Morgan fingerprint density at radius 3 is 2.62 bits per heavy atom. The summed E-state index contributed by atoms with van der Waals surface area (Å²) in [5.74, 6) is -0.414. The van der Waals surface area contributed by atoms with Gasteiger partial charge in [0, 0.05) is 14.1 Å². The van der Waals surface area contributed by atoms with Crippen molar-refractivity contribution < 1.29 is 4.79 Å². The summed E-state index contributed by atoms with van der Waals surface area (Å²) >= 11 is 0. The maximum Gasteiger partial charge on any atom is 0.332 e. The van der Waals surface area contributed by atoms with Crippen LogP contribution in [0, 0.1) is 11.3 Å². The summed E-state index contributed by atoms with van der Waals surface area (Å²) in [5.41, 5.74) is 0.0601. The molecule has 9 nitrogen and oxygen atoms in total. The predicted octanol–water partition coefficient (Wildman–Crippen LogP) is 0.505. The molecule has 3 rings (SSSR count). The molecular weight excluding hydrogens is 336 g/mol. The molecule has 1 atom stereocenters. The van der Waals surface area contributed by atoms with E-state index in [4.69, 9.17) is 5.26 Å². The van der Waals surface area contributed by atoms with Crippen molar-refractivity contribution in [1.29, 1.82) is 5.26 Å². The Kier molecular flexibility index (Phi) is 4.18. The maximum absolute atomic E-state index is 12.6. The van der Waals surface area contributed by atoms with Crippen molar-refractivity contribution in [2.75, 3.05) is 5.32 Å². The highest BCUT2D eigenvalue weighted by Crippen LogP contribution is 2.18. The highest BCUT2D eigenvalue weighted by atomic mass is 16.2. The number of fused-ring (bicyclic) bond motifs is 1. The Morgan fingerprint density at radius 1 is 1.23 bits per heavy atom. The van der Waals surface area contributed by atoms with Crippen LogP contribution in [0.3, 0.4) is 0 Å². The molecular formula is C17H16N6O3. The van der Waals surface area contributed by atoms with Crippen molar-refractivity contribution in [1.82, 2.24) is 18.7 Å². The number of hydrogen-bond donors (Lipinski definition) is 1. The number of imidazole rings is 1. The third-order valence-corrected chi connectivity index (χ3v) is 4.28. The summed E-state index contributed by atoms with van der Waals surface area (Å²) in [7, 11) is 2.88. The molecule has 2 aromatic heterocycles. The molecule has 0 spiro atoms. The van der Waals surface area contributed by atoms with Crippen molar-refractivity contribution >= 4 is 22.8 Å². The van der Waals surface area contributed by atoms with E-state index in [2.05, 4.69) is 10.3 Å². The normalized spacial score (nSPS) is 11.9. The van der Waals surface area contributed by atoms with E-state index >= 15 is 0 Å². The minimum Gasteiger partial charge on any atom is -0.323 e. The van der Waals surface area contributed by atoms with Crippen LogP contribution >= 0.6 is 0 Å². The van der Waals surface area contributed by atoms with Gasteiger partial charge in [0.05, 0.1) is 17.6 Å². The summed E-state index contributed by atoms with van der Waals surface area (Å²) in [6, 6.07) is 7.85. The Balaban J connectivity index is 2.05. The molecule has 0 aliphatic rings. The lowest BCUT2D eigenvalue weighted by atomic mass is 10.2. The van der Waals surface area contributed by atoms with Gasteiger partial charge in [0.25, 0.3) is 5.56 Å². The molecule has 2 heterocycles. The number of rotatable bonds is 3. The lowest BCUT2D eigenvalue weighted by molar-refractivity contribution is -0.118. The van der Waals surface area contributed by atoms with Crippen LogP contribution in [0.4, 0.5) is 5.69 Å². The molecule has 1 amide bonds. The zero-order valence-electron chi connectivity index (χ0n) is 14.4. The van der Waals surface area contributed by atoms with E-state index in [1.807, 2.05) is 6.07 Å². The fraction of sp³-hybridized carbons (Fsp3) is 0.235. The number of nitrogens with one attached hydrogen (secondary N) is 1. The van der Waals surface area contributed by atoms with E-state index in [-0.39, 0.29) is 11.2 Å². The second-order valence-electron chi connectivity index (χ2n) is 5.85. The molecule has 132 valence electrons. The maximum atomic E-state index is 12.6. The van der Waals surface area contributed by atoms with E-state index in [9.17, 15) is 14.4 Å². The van der Waals surface area contributed by atoms with Gasteiger partial charge in [-0.2, -0.15) is 5.26 Å². The minimum absolute atomic E-state index is 0.158. The third-order valence-electron chi connectivity index (χ3n) is 4.28. The van der Waals surface area contributed by atoms with E-state index in [1.165, 1.54) is 29.6 Å². The number of nitrogens with zero attached hydrogens (tertiary/aromatic N) is 5. The number of anilines is 1. The van der Waals surface area contributed by atoms with Crippen LogP contribution in [0.2, 0.25) is 0 Å². The fourth-order valence-corrected chi connectivity index (χ4v) is 2.71.